The summed E-state index contributed by atoms with van der Waals surface area (Å²) < 4.78 is 1.07. The van der Waals surface area contributed by atoms with Crippen molar-refractivity contribution in [3.05, 3.63) is 84.8 Å². The van der Waals surface area contributed by atoms with E-state index in [0.717, 1.165) is 15.7 Å². The summed E-state index contributed by atoms with van der Waals surface area (Å²) in [6.07, 6.45) is 0. The highest BCUT2D eigenvalue weighted by atomic mass is 35.5. The van der Waals surface area contributed by atoms with Crippen molar-refractivity contribution in [3.63, 3.8) is 0 Å². The maximum Gasteiger partial charge on any atom is 0.334 e. The van der Waals surface area contributed by atoms with Crippen LogP contribution in [0.15, 0.2) is 63.5 Å². The zero-order chi connectivity index (χ0) is 17.6. The third kappa shape index (κ3) is 2.70. The van der Waals surface area contributed by atoms with Gasteiger partial charge >= 0.3 is 5.69 Å². The van der Waals surface area contributed by atoms with Crippen LogP contribution in [-0.2, 0) is 0 Å². The number of aromatic nitrogens is 2. The fraction of sp³-hybridized carbons (Fsp3) is 0. The lowest BCUT2D eigenvalue weighted by atomic mass is 10.1. The number of fused-ring (bicyclic) bond motifs is 1. The van der Waals surface area contributed by atoms with Crippen molar-refractivity contribution in [1.82, 2.24) is 9.55 Å². The first-order valence-corrected chi connectivity index (χ1v) is 8.97. The molecule has 0 aliphatic rings. The summed E-state index contributed by atoms with van der Waals surface area (Å²) in [7, 11) is 0. The van der Waals surface area contributed by atoms with Crippen molar-refractivity contribution in [2.75, 3.05) is 0 Å². The summed E-state index contributed by atoms with van der Waals surface area (Å²) in [5, 5.41) is 2.98. The number of nitrogens with one attached hydrogen (secondary N) is 1. The van der Waals surface area contributed by atoms with Gasteiger partial charge in [-0.25, -0.2) is 9.36 Å². The summed E-state index contributed by atoms with van der Waals surface area (Å²) in [5.74, 6) is 0. The van der Waals surface area contributed by atoms with Crippen molar-refractivity contribution in [2.45, 2.75) is 0 Å². The summed E-state index contributed by atoms with van der Waals surface area (Å²) in [6.45, 7) is 0. The van der Waals surface area contributed by atoms with Gasteiger partial charge in [-0.3, -0.25) is 9.78 Å². The Bertz CT molecular complexity index is 1210. The molecule has 124 valence electrons. The average molecular weight is 389 g/mol. The molecule has 4 aromatic rings. The van der Waals surface area contributed by atoms with Gasteiger partial charge in [-0.1, -0.05) is 53.5 Å². The average Bonchev–Trinajstić information content (AvgIpc) is 3.03. The third-order valence-corrected chi connectivity index (χ3v) is 5.51. The Morgan fingerprint density at radius 3 is 2.44 bits per heavy atom. The van der Waals surface area contributed by atoms with Gasteiger partial charge in [0.2, 0.25) is 0 Å². The standard InChI is InChI=1S/C18H10Cl2N2O2S/c19-13-7-6-11(8-14(13)20)22-17(23)15-12(10-4-2-1-3-5-10)9-25-16(15)21-18(22)24/h1-9H,(H,21,24). The number of hydrogen-bond donors (Lipinski definition) is 1. The molecule has 0 aliphatic carbocycles. The molecule has 0 unspecified atom stereocenters. The van der Waals surface area contributed by atoms with E-state index >= 15 is 0 Å². The first-order chi connectivity index (χ1) is 12.1. The fourth-order valence-corrected chi connectivity index (χ4v) is 3.95. The van der Waals surface area contributed by atoms with Gasteiger partial charge in [0.25, 0.3) is 5.56 Å². The zero-order valence-electron chi connectivity index (χ0n) is 12.6. The second-order valence-corrected chi connectivity index (χ2v) is 7.08. The molecule has 0 saturated carbocycles. The van der Waals surface area contributed by atoms with Gasteiger partial charge in [-0.15, -0.1) is 11.3 Å². The van der Waals surface area contributed by atoms with Crippen LogP contribution in [0.4, 0.5) is 0 Å². The van der Waals surface area contributed by atoms with E-state index in [4.69, 9.17) is 23.2 Å². The van der Waals surface area contributed by atoms with Gasteiger partial charge in [0.1, 0.15) is 4.83 Å². The zero-order valence-corrected chi connectivity index (χ0v) is 15.0. The van der Waals surface area contributed by atoms with E-state index < -0.39 is 11.2 Å². The van der Waals surface area contributed by atoms with Crippen LogP contribution in [-0.4, -0.2) is 9.55 Å². The Hall–Kier alpha value is -2.34. The summed E-state index contributed by atoms with van der Waals surface area (Å²) in [4.78, 5) is 28.8. The van der Waals surface area contributed by atoms with Crippen LogP contribution in [0.2, 0.25) is 10.0 Å². The Balaban J connectivity index is 2.05. The fourth-order valence-electron chi connectivity index (χ4n) is 2.71. The molecule has 0 saturated heterocycles. The molecule has 0 aliphatic heterocycles. The van der Waals surface area contributed by atoms with E-state index in [9.17, 15) is 9.59 Å². The molecular weight excluding hydrogens is 379 g/mol. The van der Waals surface area contributed by atoms with E-state index in [1.807, 2.05) is 35.7 Å². The quantitative estimate of drug-likeness (QED) is 0.540. The minimum Gasteiger partial charge on any atom is -0.298 e. The number of thiophene rings is 1. The first-order valence-electron chi connectivity index (χ1n) is 7.33. The minimum absolute atomic E-state index is 0.277. The molecular formula is C18H10Cl2N2O2S. The second kappa shape index (κ2) is 6.19. The van der Waals surface area contributed by atoms with E-state index in [1.54, 1.807) is 12.1 Å². The van der Waals surface area contributed by atoms with Crippen molar-refractivity contribution in [2.24, 2.45) is 0 Å². The van der Waals surface area contributed by atoms with Crippen molar-refractivity contribution in [1.29, 1.82) is 0 Å². The highest BCUT2D eigenvalue weighted by Crippen LogP contribution is 2.30. The monoisotopic (exact) mass is 388 g/mol. The third-order valence-electron chi connectivity index (χ3n) is 3.88. The Kier molecular flexibility index (Phi) is 4.00. The number of nitrogens with zero attached hydrogens (tertiary/aromatic N) is 1. The molecule has 0 amide bonds. The maximum absolute atomic E-state index is 13.1. The van der Waals surface area contributed by atoms with Gasteiger partial charge in [0, 0.05) is 10.9 Å². The Morgan fingerprint density at radius 2 is 1.72 bits per heavy atom. The van der Waals surface area contributed by atoms with Gasteiger partial charge in [-0.05, 0) is 23.8 Å². The lowest BCUT2D eigenvalue weighted by Crippen LogP contribution is -2.33. The molecule has 2 aromatic carbocycles. The molecule has 0 fully saturated rings. The topological polar surface area (TPSA) is 54.9 Å². The lowest BCUT2D eigenvalue weighted by molar-refractivity contribution is 0.905. The molecule has 4 nitrogen and oxygen atoms in total. The van der Waals surface area contributed by atoms with Gasteiger partial charge in [0.05, 0.1) is 21.1 Å². The molecule has 25 heavy (non-hydrogen) atoms. The molecule has 0 atom stereocenters. The molecule has 2 heterocycles. The van der Waals surface area contributed by atoms with E-state index in [-0.39, 0.29) is 5.02 Å². The normalized spacial score (nSPS) is 11.1. The van der Waals surface area contributed by atoms with Crippen LogP contribution in [0.5, 0.6) is 0 Å². The summed E-state index contributed by atoms with van der Waals surface area (Å²) in [5.41, 5.74) is 1.16. The minimum atomic E-state index is -0.516. The van der Waals surface area contributed by atoms with Gasteiger partial charge in [-0.2, -0.15) is 0 Å². The van der Waals surface area contributed by atoms with Crippen LogP contribution in [0.1, 0.15) is 0 Å². The van der Waals surface area contributed by atoms with Crippen LogP contribution >= 0.6 is 34.5 Å². The number of rotatable bonds is 2. The van der Waals surface area contributed by atoms with Gasteiger partial charge in [0.15, 0.2) is 0 Å². The molecule has 1 N–H and O–H groups in total. The van der Waals surface area contributed by atoms with Crippen molar-refractivity contribution >= 4 is 44.8 Å². The number of benzene rings is 2. The maximum atomic E-state index is 13.1. The molecule has 4 rings (SSSR count). The Labute approximate surface area is 155 Å². The first kappa shape index (κ1) is 16.1. The predicted molar refractivity (Wildman–Crippen MR) is 103 cm³/mol. The van der Waals surface area contributed by atoms with Crippen molar-refractivity contribution in [3.8, 4) is 16.8 Å². The summed E-state index contributed by atoms with van der Waals surface area (Å²) in [6, 6.07) is 14.2. The predicted octanol–water partition coefficient (Wildman–Crippen LogP) is 4.71. The molecule has 0 bridgehead atoms. The SMILES string of the molecule is O=c1[nH]c2scc(-c3ccccc3)c2c(=O)n1-c1ccc(Cl)c(Cl)c1. The van der Waals surface area contributed by atoms with E-state index in [2.05, 4.69) is 4.98 Å². The number of H-pyrrole nitrogens is 1. The van der Waals surface area contributed by atoms with Crippen LogP contribution < -0.4 is 11.2 Å². The van der Waals surface area contributed by atoms with Crippen molar-refractivity contribution < 1.29 is 0 Å². The number of halogens is 2. The van der Waals surface area contributed by atoms with E-state index in [1.165, 1.54) is 17.4 Å². The number of hydrogen-bond acceptors (Lipinski definition) is 3. The second-order valence-electron chi connectivity index (χ2n) is 5.39. The highest BCUT2D eigenvalue weighted by Gasteiger charge is 2.16. The smallest absolute Gasteiger partial charge is 0.298 e. The van der Waals surface area contributed by atoms with Crippen LogP contribution in [0.25, 0.3) is 27.0 Å². The van der Waals surface area contributed by atoms with Gasteiger partial charge < -0.3 is 0 Å². The van der Waals surface area contributed by atoms with Crippen LogP contribution in [0.3, 0.4) is 0 Å². The lowest BCUT2D eigenvalue weighted by Gasteiger charge is -2.07. The molecule has 7 heteroatoms. The highest BCUT2D eigenvalue weighted by molar-refractivity contribution is 7.17. The van der Waals surface area contributed by atoms with E-state index in [0.29, 0.717) is 20.9 Å². The molecule has 0 radical (unpaired) electrons. The summed E-state index contributed by atoms with van der Waals surface area (Å²) >= 11 is 13.3. The largest absolute Gasteiger partial charge is 0.334 e. The Morgan fingerprint density at radius 1 is 0.960 bits per heavy atom. The molecule has 0 spiro atoms. The van der Waals surface area contributed by atoms with Crippen LogP contribution in [0, 0.1) is 0 Å². The number of aromatic amines is 1. The molecule has 2 aromatic heterocycles.